The molecule has 1 amide bonds. The number of carbonyl (C=O) groups is 1. The van der Waals surface area contributed by atoms with Crippen molar-refractivity contribution in [2.45, 2.75) is 19.4 Å². The third-order valence-corrected chi connectivity index (χ3v) is 7.62. The van der Waals surface area contributed by atoms with Crippen LogP contribution in [-0.2, 0) is 16.0 Å². The summed E-state index contributed by atoms with van der Waals surface area (Å²) in [5.74, 6) is 2.12. The quantitative estimate of drug-likeness (QED) is 0.406. The van der Waals surface area contributed by atoms with Crippen LogP contribution >= 0.6 is 0 Å². The highest BCUT2D eigenvalue weighted by Gasteiger charge is 2.34. The molecule has 0 bridgehead atoms. The second kappa shape index (κ2) is 10.1. The van der Waals surface area contributed by atoms with E-state index in [0.29, 0.717) is 31.1 Å². The van der Waals surface area contributed by atoms with Gasteiger partial charge < -0.3 is 29.3 Å². The molecule has 1 saturated heterocycles. The maximum absolute atomic E-state index is 13.4. The van der Waals surface area contributed by atoms with Crippen LogP contribution in [0.1, 0.15) is 11.3 Å². The lowest BCUT2D eigenvalue weighted by Gasteiger charge is -2.27. The summed E-state index contributed by atoms with van der Waals surface area (Å²) in [6, 6.07) is 11.3. The minimum Gasteiger partial charge on any atom is -0.496 e. The van der Waals surface area contributed by atoms with Gasteiger partial charge in [0.15, 0.2) is 0 Å². The average Bonchev–Trinajstić information content (AvgIpc) is 3.53. The summed E-state index contributed by atoms with van der Waals surface area (Å²) >= 11 is 0. The number of carbonyl (C=O) groups excluding carboxylic acids is 1. The molecule has 4 aromatic rings. The van der Waals surface area contributed by atoms with Crippen LogP contribution < -0.4 is 24.6 Å². The Morgan fingerprint density at radius 3 is 2.67 bits per heavy atom. The predicted octanol–water partition coefficient (Wildman–Crippen LogP) is 3.56. The molecule has 0 spiro atoms. The second-order valence-electron chi connectivity index (χ2n) is 9.78. The summed E-state index contributed by atoms with van der Waals surface area (Å²) in [6.07, 6.45) is 4.31. The zero-order valence-corrected chi connectivity index (χ0v) is 22.6. The molecule has 1 unspecified atom stereocenters. The normalized spacial score (nSPS) is 16.9. The Bertz CT molecular complexity index is 1540. The summed E-state index contributed by atoms with van der Waals surface area (Å²) in [6.45, 7) is 4.88. The van der Waals surface area contributed by atoms with Crippen LogP contribution in [0.2, 0.25) is 0 Å². The van der Waals surface area contributed by atoms with E-state index in [1.165, 1.54) is 0 Å². The fourth-order valence-electron chi connectivity index (χ4n) is 5.57. The minimum atomic E-state index is -0.359. The molecule has 1 fully saturated rings. The second-order valence-corrected chi connectivity index (χ2v) is 9.78. The van der Waals surface area contributed by atoms with Crippen LogP contribution in [0.15, 0.2) is 48.8 Å². The average molecular weight is 529 g/mol. The predicted molar refractivity (Wildman–Crippen MR) is 150 cm³/mol. The van der Waals surface area contributed by atoms with Crippen molar-refractivity contribution in [3.63, 3.8) is 0 Å². The van der Waals surface area contributed by atoms with Crippen molar-refractivity contribution in [2.24, 2.45) is 0 Å². The molecule has 2 aliphatic heterocycles. The number of hydrogen-bond donors (Lipinski definition) is 1. The van der Waals surface area contributed by atoms with Gasteiger partial charge in [-0.1, -0.05) is 12.1 Å². The van der Waals surface area contributed by atoms with E-state index in [1.54, 1.807) is 20.4 Å². The smallest absolute Gasteiger partial charge is 0.247 e. The molecule has 10 nitrogen and oxygen atoms in total. The Hall–Kier alpha value is -4.31. The van der Waals surface area contributed by atoms with Crippen molar-refractivity contribution in [1.82, 2.24) is 14.4 Å². The molecule has 0 aliphatic carbocycles. The van der Waals surface area contributed by atoms with Crippen molar-refractivity contribution < 1.29 is 19.0 Å². The Balaban J connectivity index is 1.31. The van der Waals surface area contributed by atoms with Gasteiger partial charge in [0.25, 0.3) is 0 Å². The highest BCUT2D eigenvalue weighted by atomic mass is 16.5. The van der Waals surface area contributed by atoms with E-state index in [1.807, 2.05) is 61.5 Å². The standard InChI is InChI=1S/C29H32N6O4/c1-18-27-26(32-29(35(27)11-10-30-18)34-12-14-39-15-13-34)19-8-9-21(25(16-19)38-4)31-28(36)23-17-20-22(33(23)2)6-5-7-24(20)37-3/h5-11,16,23H,12-15,17H2,1-4H3,(H,31,36). The summed E-state index contributed by atoms with van der Waals surface area (Å²) in [5, 5.41) is 3.08. The topological polar surface area (TPSA) is 93.5 Å². The molecule has 6 rings (SSSR count). The number of benzene rings is 2. The summed E-state index contributed by atoms with van der Waals surface area (Å²) in [5.41, 5.74) is 6.17. The molecule has 4 heterocycles. The number of amides is 1. The molecule has 2 aliphatic rings. The third-order valence-electron chi connectivity index (χ3n) is 7.62. The number of nitrogens with one attached hydrogen (secondary N) is 1. The van der Waals surface area contributed by atoms with Gasteiger partial charge >= 0.3 is 0 Å². The third kappa shape index (κ3) is 4.30. The van der Waals surface area contributed by atoms with Crippen LogP contribution in [-0.4, -0.2) is 73.9 Å². The van der Waals surface area contributed by atoms with Crippen LogP contribution in [0.25, 0.3) is 16.8 Å². The molecular weight excluding hydrogens is 496 g/mol. The molecule has 2 aromatic heterocycles. The van der Waals surface area contributed by atoms with Crippen molar-refractivity contribution in [2.75, 3.05) is 62.7 Å². The van der Waals surface area contributed by atoms with Gasteiger partial charge in [-0.25, -0.2) is 4.98 Å². The number of anilines is 3. The highest BCUT2D eigenvalue weighted by molar-refractivity contribution is 6.00. The lowest BCUT2D eigenvalue weighted by Crippen LogP contribution is -2.39. The van der Waals surface area contributed by atoms with Crippen LogP contribution in [0.5, 0.6) is 11.5 Å². The van der Waals surface area contributed by atoms with Gasteiger partial charge in [-0.3, -0.25) is 14.2 Å². The molecule has 0 radical (unpaired) electrons. The molecule has 2 aromatic carbocycles. The summed E-state index contributed by atoms with van der Waals surface area (Å²) in [4.78, 5) is 27.2. The van der Waals surface area contributed by atoms with E-state index in [0.717, 1.165) is 58.5 Å². The monoisotopic (exact) mass is 528 g/mol. The number of morpholine rings is 1. The molecular formula is C29H32N6O4. The number of likely N-dealkylation sites (N-methyl/N-ethyl adjacent to an activating group) is 1. The Morgan fingerprint density at radius 2 is 1.90 bits per heavy atom. The maximum atomic E-state index is 13.4. The first-order chi connectivity index (χ1) is 19.0. The first-order valence-corrected chi connectivity index (χ1v) is 13.0. The van der Waals surface area contributed by atoms with Gasteiger partial charge in [-0.15, -0.1) is 0 Å². The van der Waals surface area contributed by atoms with E-state index in [-0.39, 0.29) is 11.9 Å². The van der Waals surface area contributed by atoms with Crippen LogP contribution in [0, 0.1) is 6.92 Å². The first kappa shape index (κ1) is 25.0. The van der Waals surface area contributed by atoms with E-state index in [4.69, 9.17) is 19.2 Å². The van der Waals surface area contributed by atoms with Crippen molar-refractivity contribution in [1.29, 1.82) is 0 Å². The lowest BCUT2D eigenvalue weighted by molar-refractivity contribution is -0.117. The van der Waals surface area contributed by atoms with Crippen molar-refractivity contribution in [3.05, 3.63) is 60.0 Å². The Morgan fingerprint density at radius 1 is 1.10 bits per heavy atom. The number of fused-ring (bicyclic) bond motifs is 2. The number of aromatic nitrogens is 3. The van der Waals surface area contributed by atoms with Crippen LogP contribution in [0.3, 0.4) is 0 Å². The zero-order chi connectivity index (χ0) is 27.1. The van der Waals surface area contributed by atoms with Gasteiger partial charge in [-0.05, 0) is 31.2 Å². The zero-order valence-electron chi connectivity index (χ0n) is 22.6. The first-order valence-electron chi connectivity index (χ1n) is 13.0. The fourth-order valence-corrected chi connectivity index (χ4v) is 5.57. The van der Waals surface area contributed by atoms with Gasteiger partial charge in [-0.2, -0.15) is 0 Å². The molecule has 10 heteroatoms. The van der Waals surface area contributed by atoms with Gasteiger partial charge in [0, 0.05) is 55.8 Å². The molecule has 39 heavy (non-hydrogen) atoms. The number of aryl methyl sites for hydroxylation is 1. The summed E-state index contributed by atoms with van der Waals surface area (Å²) in [7, 11) is 5.19. The van der Waals surface area contributed by atoms with E-state index in [2.05, 4.69) is 19.6 Å². The number of imidazole rings is 1. The van der Waals surface area contributed by atoms with E-state index in [9.17, 15) is 4.79 Å². The fraction of sp³-hybridized carbons (Fsp3) is 0.345. The highest BCUT2D eigenvalue weighted by Crippen LogP contribution is 2.39. The minimum absolute atomic E-state index is 0.108. The molecule has 1 atom stereocenters. The lowest BCUT2D eigenvalue weighted by atomic mass is 10.1. The Labute approximate surface area is 227 Å². The molecule has 0 saturated carbocycles. The number of rotatable bonds is 6. The number of ether oxygens (including phenoxy) is 3. The van der Waals surface area contributed by atoms with Crippen molar-refractivity contribution >= 4 is 28.7 Å². The van der Waals surface area contributed by atoms with E-state index >= 15 is 0 Å². The van der Waals surface area contributed by atoms with Crippen molar-refractivity contribution in [3.8, 4) is 22.8 Å². The number of methoxy groups -OCH3 is 2. The molecule has 202 valence electrons. The molecule has 1 N–H and O–H groups in total. The van der Waals surface area contributed by atoms with Gasteiger partial charge in [0.1, 0.15) is 23.2 Å². The summed E-state index contributed by atoms with van der Waals surface area (Å²) < 4.78 is 18.9. The number of hydrogen-bond acceptors (Lipinski definition) is 8. The number of nitrogens with zero attached hydrogens (tertiary/aromatic N) is 5. The Kier molecular flexibility index (Phi) is 6.48. The van der Waals surface area contributed by atoms with Gasteiger partial charge in [0.05, 0.1) is 44.3 Å². The largest absolute Gasteiger partial charge is 0.496 e. The van der Waals surface area contributed by atoms with Crippen LogP contribution in [0.4, 0.5) is 17.3 Å². The van der Waals surface area contributed by atoms with Gasteiger partial charge in [0.2, 0.25) is 11.9 Å². The SMILES string of the molecule is COc1cc(-c2nc(N3CCOCC3)n3ccnc(C)c23)ccc1NC(=O)C1Cc2c(OC)cccc2N1C. The maximum Gasteiger partial charge on any atom is 0.247 e. The van der Waals surface area contributed by atoms with E-state index < -0.39 is 0 Å².